The van der Waals surface area contributed by atoms with Crippen molar-refractivity contribution in [1.82, 2.24) is 14.7 Å². The summed E-state index contributed by atoms with van der Waals surface area (Å²) in [5, 5.41) is 0. The van der Waals surface area contributed by atoms with Crippen molar-refractivity contribution in [2.75, 3.05) is 18.0 Å². The second-order valence-electron chi connectivity index (χ2n) is 7.74. The zero-order chi connectivity index (χ0) is 19.1. The summed E-state index contributed by atoms with van der Waals surface area (Å²) in [5.41, 5.74) is 0.547. The summed E-state index contributed by atoms with van der Waals surface area (Å²) in [5.74, 6) is 1.11. The molecule has 3 heterocycles. The first kappa shape index (κ1) is 18.2. The number of aromatic nitrogens is 2. The molecule has 0 bridgehead atoms. The van der Waals surface area contributed by atoms with E-state index >= 15 is 0 Å². The van der Waals surface area contributed by atoms with Crippen LogP contribution in [0.4, 0.5) is 5.95 Å². The molecular weight excluding hydrogens is 364 g/mol. The van der Waals surface area contributed by atoms with Gasteiger partial charge in [0.05, 0.1) is 0 Å². The summed E-state index contributed by atoms with van der Waals surface area (Å²) in [6.07, 6.45) is 5.75. The number of hydrogen-bond acceptors (Lipinski definition) is 6. The Balaban J connectivity index is 1.54. The Hall–Kier alpha value is -2.19. The lowest BCUT2D eigenvalue weighted by Crippen LogP contribution is -2.48. The lowest BCUT2D eigenvalue weighted by molar-refractivity contribution is 0.135. The Morgan fingerprint density at radius 2 is 2.00 bits per heavy atom. The predicted molar refractivity (Wildman–Crippen MR) is 102 cm³/mol. The van der Waals surface area contributed by atoms with Crippen molar-refractivity contribution in [3.05, 3.63) is 42.2 Å². The SMILES string of the molecule is CC1(C)Cc2cccc(S(=O)(=O)N[C@H]3CCCN(c4ncccn4)C3)c2O1. The topological polar surface area (TPSA) is 84.4 Å². The minimum absolute atomic E-state index is 0.196. The molecule has 2 aliphatic rings. The zero-order valence-corrected chi connectivity index (χ0v) is 16.4. The van der Waals surface area contributed by atoms with Crippen LogP contribution in [0.3, 0.4) is 0 Å². The number of anilines is 1. The molecule has 1 saturated heterocycles. The van der Waals surface area contributed by atoms with Crippen LogP contribution in [0.5, 0.6) is 5.75 Å². The number of nitrogens with one attached hydrogen (secondary N) is 1. The maximum atomic E-state index is 13.1. The predicted octanol–water partition coefficient (Wildman–Crippen LogP) is 2.14. The van der Waals surface area contributed by atoms with Crippen molar-refractivity contribution in [2.24, 2.45) is 0 Å². The lowest BCUT2D eigenvalue weighted by Gasteiger charge is -2.33. The Morgan fingerprint density at radius 1 is 1.22 bits per heavy atom. The molecule has 1 aromatic carbocycles. The van der Waals surface area contributed by atoms with Gasteiger partial charge in [-0.2, -0.15) is 0 Å². The first-order valence-corrected chi connectivity index (χ1v) is 10.7. The Bertz CT molecular complexity index is 931. The van der Waals surface area contributed by atoms with Gasteiger partial charge < -0.3 is 9.64 Å². The minimum Gasteiger partial charge on any atom is -0.486 e. The molecule has 0 aliphatic carbocycles. The highest BCUT2D eigenvalue weighted by Crippen LogP contribution is 2.39. The zero-order valence-electron chi connectivity index (χ0n) is 15.6. The number of sulfonamides is 1. The summed E-state index contributed by atoms with van der Waals surface area (Å²) < 4.78 is 35.0. The van der Waals surface area contributed by atoms with E-state index in [9.17, 15) is 8.42 Å². The fraction of sp³-hybridized carbons (Fsp3) is 0.474. The van der Waals surface area contributed by atoms with Crippen molar-refractivity contribution in [3.63, 3.8) is 0 Å². The first-order chi connectivity index (χ1) is 12.8. The van der Waals surface area contributed by atoms with E-state index in [2.05, 4.69) is 14.7 Å². The average Bonchev–Trinajstić information content (AvgIpc) is 2.96. The number of fused-ring (bicyclic) bond motifs is 1. The van der Waals surface area contributed by atoms with Crippen LogP contribution in [-0.2, 0) is 16.4 Å². The third-order valence-electron chi connectivity index (χ3n) is 4.92. The van der Waals surface area contributed by atoms with E-state index in [0.717, 1.165) is 24.9 Å². The van der Waals surface area contributed by atoms with Crippen LogP contribution < -0.4 is 14.4 Å². The van der Waals surface area contributed by atoms with Crippen LogP contribution in [-0.4, -0.2) is 43.1 Å². The summed E-state index contributed by atoms with van der Waals surface area (Å²) in [4.78, 5) is 10.8. The maximum Gasteiger partial charge on any atom is 0.244 e. The average molecular weight is 388 g/mol. The fourth-order valence-electron chi connectivity index (χ4n) is 3.79. The normalized spacial score (nSPS) is 21.6. The molecule has 144 valence electrons. The maximum absolute atomic E-state index is 13.1. The molecular formula is C19H24N4O3S. The van der Waals surface area contributed by atoms with E-state index in [4.69, 9.17) is 4.74 Å². The highest BCUT2D eigenvalue weighted by molar-refractivity contribution is 7.89. The van der Waals surface area contributed by atoms with Crippen LogP contribution in [0.15, 0.2) is 41.6 Å². The van der Waals surface area contributed by atoms with Gasteiger partial charge in [0, 0.05) is 37.9 Å². The Kier molecular flexibility index (Phi) is 4.55. The van der Waals surface area contributed by atoms with Crippen LogP contribution in [0.25, 0.3) is 0 Å². The summed E-state index contributed by atoms with van der Waals surface area (Å²) in [6.45, 7) is 5.30. The van der Waals surface area contributed by atoms with Crippen LogP contribution in [0.1, 0.15) is 32.3 Å². The van der Waals surface area contributed by atoms with E-state index in [1.807, 2.05) is 24.8 Å². The highest BCUT2D eigenvalue weighted by atomic mass is 32.2. The number of rotatable bonds is 4. The van der Waals surface area contributed by atoms with Crippen LogP contribution in [0, 0.1) is 0 Å². The monoisotopic (exact) mass is 388 g/mol. The molecule has 2 aliphatic heterocycles. The van der Waals surface area contributed by atoms with Crippen LogP contribution >= 0.6 is 0 Å². The van der Waals surface area contributed by atoms with E-state index in [-0.39, 0.29) is 16.5 Å². The molecule has 8 heteroatoms. The molecule has 7 nitrogen and oxygen atoms in total. The van der Waals surface area contributed by atoms with Gasteiger partial charge in [0.25, 0.3) is 0 Å². The summed E-state index contributed by atoms with van der Waals surface area (Å²) >= 11 is 0. The Morgan fingerprint density at radius 3 is 2.78 bits per heavy atom. The number of benzene rings is 1. The standard InChI is InChI=1S/C19H24N4O3S/c1-19(2)12-14-6-3-8-16(17(14)26-19)27(24,25)22-15-7-4-11-23(13-15)18-20-9-5-10-21-18/h3,5-6,8-10,15,22H,4,7,11-13H2,1-2H3/t15-/m0/s1. The molecule has 0 radical (unpaired) electrons. The number of ether oxygens (including phenoxy) is 1. The molecule has 1 atom stereocenters. The van der Waals surface area contributed by atoms with E-state index < -0.39 is 10.0 Å². The van der Waals surface area contributed by atoms with E-state index in [1.165, 1.54) is 0 Å². The number of piperidine rings is 1. The van der Waals surface area contributed by atoms with Crippen molar-refractivity contribution in [1.29, 1.82) is 0 Å². The number of nitrogens with zero attached hydrogens (tertiary/aromatic N) is 3. The van der Waals surface area contributed by atoms with Gasteiger partial charge in [-0.25, -0.2) is 23.1 Å². The number of para-hydroxylation sites is 1. The Labute approximate surface area is 159 Å². The second-order valence-corrected chi connectivity index (χ2v) is 9.42. The van der Waals surface area contributed by atoms with E-state index in [0.29, 0.717) is 24.7 Å². The smallest absolute Gasteiger partial charge is 0.244 e. The third kappa shape index (κ3) is 3.77. The molecule has 0 spiro atoms. The molecule has 27 heavy (non-hydrogen) atoms. The highest BCUT2D eigenvalue weighted by Gasteiger charge is 2.36. The minimum atomic E-state index is -3.68. The molecule has 1 aromatic heterocycles. The summed E-state index contributed by atoms with van der Waals surface area (Å²) in [6, 6.07) is 6.90. The lowest BCUT2D eigenvalue weighted by atomic mass is 10.0. The fourth-order valence-corrected chi connectivity index (χ4v) is 5.22. The summed E-state index contributed by atoms with van der Waals surface area (Å²) in [7, 11) is -3.68. The van der Waals surface area contributed by atoms with Crippen molar-refractivity contribution < 1.29 is 13.2 Å². The van der Waals surface area contributed by atoms with Gasteiger partial charge in [-0.1, -0.05) is 12.1 Å². The first-order valence-electron chi connectivity index (χ1n) is 9.19. The van der Waals surface area contributed by atoms with Gasteiger partial charge in [-0.15, -0.1) is 0 Å². The van der Waals surface area contributed by atoms with Gasteiger partial charge in [0.2, 0.25) is 16.0 Å². The number of hydrogen-bond donors (Lipinski definition) is 1. The van der Waals surface area contributed by atoms with Gasteiger partial charge in [0.1, 0.15) is 16.2 Å². The van der Waals surface area contributed by atoms with Gasteiger partial charge in [-0.05, 0) is 44.4 Å². The van der Waals surface area contributed by atoms with Crippen molar-refractivity contribution >= 4 is 16.0 Å². The van der Waals surface area contributed by atoms with Gasteiger partial charge in [0.15, 0.2) is 0 Å². The van der Waals surface area contributed by atoms with Crippen LogP contribution in [0.2, 0.25) is 0 Å². The molecule has 0 saturated carbocycles. The van der Waals surface area contributed by atoms with Gasteiger partial charge >= 0.3 is 0 Å². The molecule has 2 aromatic rings. The largest absolute Gasteiger partial charge is 0.486 e. The molecule has 0 amide bonds. The van der Waals surface area contributed by atoms with Gasteiger partial charge in [-0.3, -0.25) is 0 Å². The molecule has 4 rings (SSSR count). The molecule has 1 fully saturated rings. The quantitative estimate of drug-likeness (QED) is 0.864. The molecule has 1 N–H and O–H groups in total. The third-order valence-corrected chi connectivity index (χ3v) is 6.47. The second kappa shape index (κ2) is 6.76. The van der Waals surface area contributed by atoms with E-state index in [1.54, 1.807) is 30.6 Å². The van der Waals surface area contributed by atoms with Crippen molar-refractivity contribution in [2.45, 2.75) is 49.6 Å². The molecule has 0 unspecified atom stereocenters. The van der Waals surface area contributed by atoms with Crippen molar-refractivity contribution in [3.8, 4) is 5.75 Å².